The van der Waals surface area contributed by atoms with Gasteiger partial charge in [0, 0.05) is 13.1 Å². The van der Waals surface area contributed by atoms with Gasteiger partial charge in [0.05, 0.1) is 0 Å². The lowest BCUT2D eigenvalue weighted by Crippen LogP contribution is -2.31. The smallest absolute Gasteiger partial charge is 0.246 e. The molecule has 0 atom stereocenters. The molecule has 1 aromatic carbocycles. The quantitative estimate of drug-likeness (QED) is 0.790. The van der Waals surface area contributed by atoms with Crippen molar-refractivity contribution in [3.63, 3.8) is 0 Å². The minimum atomic E-state index is -4.13. The summed E-state index contributed by atoms with van der Waals surface area (Å²) in [5.41, 5.74) is 0. The largest absolute Gasteiger partial charge is 0.318 e. The molecule has 8 heteroatoms. The summed E-state index contributed by atoms with van der Waals surface area (Å²) in [6.45, 7) is 0.432. The van der Waals surface area contributed by atoms with E-state index >= 15 is 0 Å². The SMILES string of the molecule is CNCCNS(=O)(=O)c1c(F)cccc1F.Cl. The molecule has 0 fully saturated rings. The average molecular weight is 287 g/mol. The van der Waals surface area contributed by atoms with E-state index in [2.05, 4.69) is 10.0 Å². The van der Waals surface area contributed by atoms with Crippen molar-refractivity contribution in [3.05, 3.63) is 29.8 Å². The third-order valence-corrected chi connectivity index (χ3v) is 3.37. The van der Waals surface area contributed by atoms with E-state index in [-0.39, 0.29) is 19.0 Å². The lowest BCUT2D eigenvalue weighted by Gasteiger charge is -2.07. The van der Waals surface area contributed by atoms with Gasteiger partial charge < -0.3 is 5.32 Å². The van der Waals surface area contributed by atoms with Gasteiger partial charge in [-0.1, -0.05) is 6.07 Å². The Kier molecular flexibility index (Phi) is 6.54. The molecule has 2 N–H and O–H groups in total. The van der Waals surface area contributed by atoms with Gasteiger partial charge in [-0.05, 0) is 19.2 Å². The highest BCUT2D eigenvalue weighted by molar-refractivity contribution is 7.89. The van der Waals surface area contributed by atoms with Crippen molar-refractivity contribution < 1.29 is 17.2 Å². The predicted molar refractivity (Wildman–Crippen MR) is 62.7 cm³/mol. The Bertz CT molecular complexity index is 448. The minimum absolute atomic E-state index is 0. The van der Waals surface area contributed by atoms with Crippen molar-refractivity contribution in [2.45, 2.75) is 4.90 Å². The number of halogens is 3. The first-order chi connectivity index (χ1) is 7.49. The summed E-state index contributed by atoms with van der Waals surface area (Å²) in [5.74, 6) is -2.20. The van der Waals surface area contributed by atoms with E-state index < -0.39 is 26.6 Å². The zero-order valence-electron chi connectivity index (χ0n) is 9.04. The van der Waals surface area contributed by atoms with Crippen molar-refractivity contribution in [1.82, 2.24) is 10.0 Å². The van der Waals surface area contributed by atoms with Gasteiger partial charge in [-0.2, -0.15) is 0 Å². The van der Waals surface area contributed by atoms with E-state index in [4.69, 9.17) is 0 Å². The zero-order chi connectivity index (χ0) is 12.2. The Morgan fingerprint density at radius 1 is 1.18 bits per heavy atom. The number of sulfonamides is 1. The number of rotatable bonds is 5. The molecule has 0 saturated heterocycles. The van der Waals surface area contributed by atoms with Crippen LogP contribution in [-0.4, -0.2) is 28.6 Å². The number of benzene rings is 1. The summed E-state index contributed by atoms with van der Waals surface area (Å²) in [6, 6.07) is 2.91. The summed E-state index contributed by atoms with van der Waals surface area (Å²) in [4.78, 5) is -0.939. The first kappa shape index (κ1) is 16.2. The molecule has 0 aliphatic rings. The third-order valence-electron chi connectivity index (χ3n) is 1.85. The molecule has 0 bridgehead atoms. The number of nitrogens with one attached hydrogen (secondary N) is 2. The van der Waals surface area contributed by atoms with E-state index in [1.165, 1.54) is 0 Å². The summed E-state index contributed by atoms with van der Waals surface area (Å²) in [6.07, 6.45) is 0. The lowest BCUT2D eigenvalue weighted by atomic mass is 10.3. The zero-order valence-corrected chi connectivity index (χ0v) is 10.7. The van der Waals surface area contributed by atoms with Crippen LogP contribution in [0, 0.1) is 11.6 Å². The van der Waals surface area contributed by atoms with Crippen LogP contribution in [0.15, 0.2) is 23.1 Å². The second-order valence-electron chi connectivity index (χ2n) is 3.05. The second kappa shape index (κ2) is 6.85. The van der Waals surface area contributed by atoms with Gasteiger partial charge in [0.2, 0.25) is 10.0 Å². The predicted octanol–water partition coefficient (Wildman–Crippen LogP) is 0.884. The molecule has 1 rings (SSSR count). The molecule has 0 amide bonds. The topological polar surface area (TPSA) is 58.2 Å². The van der Waals surface area contributed by atoms with Crippen LogP contribution >= 0.6 is 12.4 Å². The molecule has 0 heterocycles. The van der Waals surface area contributed by atoms with Gasteiger partial charge in [-0.25, -0.2) is 21.9 Å². The van der Waals surface area contributed by atoms with Crippen LogP contribution in [0.2, 0.25) is 0 Å². The van der Waals surface area contributed by atoms with Crippen molar-refractivity contribution in [1.29, 1.82) is 0 Å². The summed E-state index contributed by atoms with van der Waals surface area (Å²) in [7, 11) is -2.50. The molecule has 0 aromatic heterocycles. The highest BCUT2D eigenvalue weighted by Crippen LogP contribution is 2.17. The van der Waals surface area contributed by atoms with E-state index in [9.17, 15) is 17.2 Å². The van der Waals surface area contributed by atoms with Crippen molar-refractivity contribution in [3.8, 4) is 0 Å². The average Bonchev–Trinajstić information content (AvgIpc) is 2.17. The van der Waals surface area contributed by atoms with E-state index in [1.807, 2.05) is 0 Å². The molecular formula is C9H13ClF2N2O2S. The molecule has 0 aliphatic heterocycles. The molecule has 1 aromatic rings. The Hall–Kier alpha value is -0.760. The fourth-order valence-corrected chi connectivity index (χ4v) is 2.29. The van der Waals surface area contributed by atoms with Gasteiger partial charge in [-0.15, -0.1) is 12.4 Å². The van der Waals surface area contributed by atoms with E-state index in [0.29, 0.717) is 6.54 Å². The van der Waals surface area contributed by atoms with Crippen LogP contribution in [0.5, 0.6) is 0 Å². The Balaban J connectivity index is 0.00000256. The first-order valence-electron chi connectivity index (χ1n) is 4.57. The van der Waals surface area contributed by atoms with Crippen molar-refractivity contribution >= 4 is 22.4 Å². The Morgan fingerprint density at radius 2 is 1.71 bits per heavy atom. The van der Waals surface area contributed by atoms with Crippen LogP contribution in [0.25, 0.3) is 0 Å². The Morgan fingerprint density at radius 3 is 2.18 bits per heavy atom. The van der Waals surface area contributed by atoms with Crippen LogP contribution < -0.4 is 10.0 Å². The molecular weight excluding hydrogens is 274 g/mol. The fourth-order valence-electron chi connectivity index (χ4n) is 1.12. The normalized spacial score (nSPS) is 11.0. The van der Waals surface area contributed by atoms with Gasteiger partial charge in [0.15, 0.2) is 4.90 Å². The molecule has 0 unspecified atom stereocenters. The molecule has 98 valence electrons. The summed E-state index contributed by atoms with van der Waals surface area (Å²) >= 11 is 0. The van der Waals surface area contributed by atoms with Crippen LogP contribution in [-0.2, 0) is 10.0 Å². The van der Waals surface area contributed by atoms with Crippen LogP contribution in [0.4, 0.5) is 8.78 Å². The first-order valence-corrected chi connectivity index (χ1v) is 6.05. The molecule has 0 aliphatic carbocycles. The molecule has 4 nitrogen and oxygen atoms in total. The maximum Gasteiger partial charge on any atom is 0.246 e. The third kappa shape index (κ3) is 4.19. The van der Waals surface area contributed by atoms with Gasteiger partial charge >= 0.3 is 0 Å². The maximum atomic E-state index is 13.2. The fraction of sp³-hybridized carbons (Fsp3) is 0.333. The van der Waals surface area contributed by atoms with Gasteiger partial charge in [0.1, 0.15) is 11.6 Å². The summed E-state index contributed by atoms with van der Waals surface area (Å²) in [5, 5.41) is 2.71. The number of hydrogen-bond acceptors (Lipinski definition) is 3. The highest BCUT2D eigenvalue weighted by Gasteiger charge is 2.22. The second-order valence-corrected chi connectivity index (χ2v) is 4.76. The van der Waals surface area contributed by atoms with Gasteiger partial charge in [-0.3, -0.25) is 0 Å². The summed E-state index contributed by atoms with van der Waals surface area (Å²) < 4.78 is 51.5. The molecule has 0 radical (unpaired) electrons. The van der Waals surface area contributed by atoms with Crippen molar-refractivity contribution in [2.75, 3.05) is 20.1 Å². The number of hydrogen-bond donors (Lipinski definition) is 2. The maximum absolute atomic E-state index is 13.2. The molecule has 0 saturated carbocycles. The standard InChI is InChI=1S/C9H12F2N2O2S.ClH/c1-12-5-6-13-16(14,15)9-7(10)3-2-4-8(9)11;/h2-4,12-13H,5-6H2,1H3;1H. The monoisotopic (exact) mass is 286 g/mol. The van der Waals surface area contributed by atoms with E-state index in [0.717, 1.165) is 18.2 Å². The number of likely N-dealkylation sites (N-methyl/N-ethyl adjacent to an activating group) is 1. The van der Waals surface area contributed by atoms with Crippen LogP contribution in [0.1, 0.15) is 0 Å². The van der Waals surface area contributed by atoms with Gasteiger partial charge in [0.25, 0.3) is 0 Å². The molecule has 17 heavy (non-hydrogen) atoms. The Labute approximate surface area is 105 Å². The van der Waals surface area contributed by atoms with Crippen molar-refractivity contribution in [2.24, 2.45) is 0 Å². The molecule has 0 spiro atoms. The van der Waals surface area contributed by atoms with E-state index in [1.54, 1.807) is 7.05 Å². The lowest BCUT2D eigenvalue weighted by molar-refractivity contribution is 0.513. The van der Waals surface area contributed by atoms with Crippen LogP contribution in [0.3, 0.4) is 0 Å². The highest BCUT2D eigenvalue weighted by atomic mass is 35.5. The minimum Gasteiger partial charge on any atom is -0.318 e.